The van der Waals surface area contributed by atoms with E-state index < -0.39 is 17.5 Å². The molecule has 9 heteroatoms. The van der Waals surface area contributed by atoms with Gasteiger partial charge in [0.1, 0.15) is 11.4 Å². The third kappa shape index (κ3) is 3.45. The second-order valence-electron chi connectivity index (χ2n) is 6.86. The molecule has 6 nitrogen and oxygen atoms in total. The Morgan fingerprint density at radius 3 is 2.57 bits per heavy atom. The van der Waals surface area contributed by atoms with Gasteiger partial charge in [-0.25, -0.2) is 0 Å². The van der Waals surface area contributed by atoms with Crippen molar-refractivity contribution in [2.75, 3.05) is 5.32 Å². The number of phenolic OH excluding ortho intramolecular Hbond substituents is 1. The van der Waals surface area contributed by atoms with E-state index >= 15 is 0 Å². The molecule has 2 atom stereocenters. The molecule has 0 aliphatic heterocycles. The predicted molar refractivity (Wildman–Crippen MR) is 96.7 cm³/mol. The number of hydrogen-bond donors (Lipinski definition) is 3. The Balaban J connectivity index is 1.76. The van der Waals surface area contributed by atoms with Crippen LogP contribution in [0.25, 0.3) is 22.0 Å². The van der Waals surface area contributed by atoms with Gasteiger partial charge in [-0.2, -0.15) is 13.2 Å². The van der Waals surface area contributed by atoms with E-state index in [1.54, 1.807) is 12.3 Å². The average Bonchev–Trinajstić information content (AvgIpc) is 3.06. The Kier molecular flexibility index (Phi) is 4.54. The van der Waals surface area contributed by atoms with Crippen molar-refractivity contribution in [1.29, 1.82) is 0 Å². The van der Waals surface area contributed by atoms with Gasteiger partial charge in [-0.05, 0) is 43.5 Å². The molecule has 0 amide bonds. The summed E-state index contributed by atoms with van der Waals surface area (Å²) in [6.45, 7) is 0. The highest BCUT2D eigenvalue weighted by molar-refractivity contribution is 6.00. The maximum atomic E-state index is 12.9. The van der Waals surface area contributed by atoms with Crippen molar-refractivity contribution in [1.82, 2.24) is 15.2 Å². The number of alkyl halides is 3. The van der Waals surface area contributed by atoms with Crippen LogP contribution in [0.15, 0.2) is 36.7 Å². The minimum Gasteiger partial charge on any atom is -0.507 e. The zero-order chi connectivity index (χ0) is 19.9. The van der Waals surface area contributed by atoms with Crippen LogP contribution in [-0.2, 0) is 6.18 Å². The summed E-state index contributed by atoms with van der Waals surface area (Å²) in [5.41, 5.74) is -0.522. The van der Waals surface area contributed by atoms with Crippen LogP contribution < -0.4 is 5.32 Å². The summed E-state index contributed by atoms with van der Waals surface area (Å²) in [6.07, 6.45) is 0.335. The van der Waals surface area contributed by atoms with Gasteiger partial charge in [0.15, 0.2) is 5.82 Å². The first-order chi connectivity index (χ1) is 13.3. The summed E-state index contributed by atoms with van der Waals surface area (Å²) in [4.78, 5) is 4.10. The molecule has 3 N–H and O–H groups in total. The van der Waals surface area contributed by atoms with Crippen LogP contribution in [0, 0.1) is 0 Å². The van der Waals surface area contributed by atoms with Gasteiger partial charge in [-0.3, -0.25) is 4.98 Å². The van der Waals surface area contributed by atoms with Crippen LogP contribution >= 0.6 is 0 Å². The van der Waals surface area contributed by atoms with E-state index in [2.05, 4.69) is 20.5 Å². The quantitative estimate of drug-likeness (QED) is 0.631. The number of nitrogens with one attached hydrogen (secondary N) is 1. The number of anilines is 1. The molecular formula is C19H17F3N4O2. The van der Waals surface area contributed by atoms with E-state index in [4.69, 9.17) is 0 Å². The van der Waals surface area contributed by atoms with Crippen LogP contribution in [-0.4, -0.2) is 37.5 Å². The first kappa shape index (κ1) is 18.4. The Labute approximate surface area is 158 Å². The van der Waals surface area contributed by atoms with Gasteiger partial charge < -0.3 is 15.5 Å². The third-order valence-corrected chi connectivity index (χ3v) is 4.91. The van der Waals surface area contributed by atoms with Crippen molar-refractivity contribution in [3.05, 3.63) is 42.2 Å². The van der Waals surface area contributed by atoms with Gasteiger partial charge in [0.25, 0.3) is 0 Å². The van der Waals surface area contributed by atoms with Gasteiger partial charge in [0.05, 0.1) is 11.7 Å². The van der Waals surface area contributed by atoms with Crippen LogP contribution in [0.3, 0.4) is 0 Å². The average molecular weight is 390 g/mol. The lowest BCUT2D eigenvalue weighted by Crippen LogP contribution is -2.18. The first-order valence-corrected chi connectivity index (χ1v) is 8.78. The summed E-state index contributed by atoms with van der Waals surface area (Å²) >= 11 is 0. The number of pyridine rings is 1. The minimum absolute atomic E-state index is 0.0537. The fourth-order valence-electron chi connectivity index (χ4n) is 3.49. The van der Waals surface area contributed by atoms with Crippen LogP contribution in [0.5, 0.6) is 5.75 Å². The molecule has 0 saturated heterocycles. The molecule has 1 aliphatic rings. The van der Waals surface area contributed by atoms with Crippen molar-refractivity contribution in [3.8, 4) is 17.0 Å². The van der Waals surface area contributed by atoms with E-state index in [9.17, 15) is 23.4 Å². The zero-order valence-corrected chi connectivity index (χ0v) is 14.6. The molecule has 2 heterocycles. The van der Waals surface area contributed by atoms with E-state index in [1.807, 2.05) is 0 Å². The van der Waals surface area contributed by atoms with Crippen LogP contribution in [0.2, 0.25) is 0 Å². The number of hydrogen-bond acceptors (Lipinski definition) is 6. The van der Waals surface area contributed by atoms with Crippen molar-refractivity contribution in [2.24, 2.45) is 0 Å². The minimum atomic E-state index is -4.55. The molecule has 0 radical (unpaired) electrons. The van der Waals surface area contributed by atoms with Crippen molar-refractivity contribution in [3.63, 3.8) is 0 Å². The zero-order valence-electron chi connectivity index (χ0n) is 14.6. The lowest BCUT2D eigenvalue weighted by molar-refractivity contribution is -0.137. The molecule has 1 aliphatic carbocycles. The number of rotatable bonds is 3. The second-order valence-corrected chi connectivity index (χ2v) is 6.86. The predicted octanol–water partition coefficient (Wildman–Crippen LogP) is 3.74. The molecule has 4 rings (SSSR count). The maximum absolute atomic E-state index is 12.9. The maximum Gasteiger partial charge on any atom is 0.416 e. The van der Waals surface area contributed by atoms with E-state index in [1.165, 1.54) is 12.3 Å². The Bertz CT molecular complexity index is 1030. The van der Waals surface area contributed by atoms with Crippen LogP contribution in [0.4, 0.5) is 19.0 Å². The van der Waals surface area contributed by atoms with Gasteiger partial charge in [-0.15, -0.1) is 10.2 Å². The topological polar surface area (TPSA) is 91.2 Å². The van der Waals surface area contributed by atoms with Crippen molar-refractivity contribution < 1.29 is 23.4 Å². The number of fused-ring (bicyclic) bond motifs is 1. The molecule has 0 bridgehead atoms. The number of aliphatic hydroxyl groups is 1. The summed E-state index contributed by atoms with van der Waals surface area (Å²) in [6, 6.07) is 4.48. The normalized spacial score (nSPS) is 19.9. The summed E-state index contributed by atoms with van der Waals surface area (Å²) < 4.78 is 38.6. The molecule has 1 fully saturated rings. The first-order valence-electron chi connectivity index (χ1n) is 8.78. The van der Waals surface area contributed by atoms with Gasteiger partial charge in [0.2, 0.25) is 0 Å². The summed E-state index contributed by atoms with van der Waals surface area (Å²) in [5.74, 6) is -0.0424. The number of benzene rings is 1. The monoisotopic (exact) mass is 390 g/mol. The molecular weight excluding hydrogens is 373 g/mol. The number of halogens is 3. The molecule has 3 aromatic rings. The Morgan fingerprint density at radius 1 is 1.07 bits per heavy atom. The second kappa shape index (κ2) is 6.90. The molecule has 0 spiro atoms. The standard InChI is InChI=1S/C19H17F3N4O2/c20-19(21,22)10-1-4-14(16(28)7-10)17-13-5-6-23-9-15(13)18(26-25-17)24-11-2-3-12(27)8-11/h1,4-7,9,11-12,27-28H,2-3,8H2,(H,24,26)/t11-,12-/m1/s1. The van der Waals surface area contributed by atoms with E-state index in [0.29, 0.717) is 35.5 Å². The van der Waals surface area contributed by atoms with Crippen LogP contribution in [0.1, 0.15) is 24.8 Å². The number of aliphatic hydroxyl groups excluding tert-OH is 1. The highest BCUT2D eigenvalue weighted by Crippen LogP contribution is 2.38. The molecule has 1 aromatic carbocycles. The number of phenols is 1. The van der Waals surface area contributed by atoms with Crippen molar-refractivity contribution in [2.45, 2.75) is 37.6 Å². The highest BCUT2D eigenvalue weighted by Gasteiger charge is 2.31. The molecule has 28 heavy (non-hydrogen) atoms. The smallest absolute Gasteiger partial charge is 0.416 e. The Morgan fingerprint density at radius 2 is 1.89 bits per heavy atom. The van der Waals surface area contributed by atoms with Gasteiger partial charge >= 0.3 is 6.18 Å². The number of aromatic nitrogens is 3. The Hall–Kier alpha value is -2.94. The number of nitrogens with zero attached hydrogens (tertiary/aromatic N) is 3. The summed E-state index contributed by atoms with van der Waals surface area (Å²) in [5, 5.41) is 32.7. The van der Waals surface area contributed by atoms with E-state index in [0.717, 1.165) is 12.5 Å². The number of aromatic hydroxyl groups is 1. The van der Waals surface area contributed by atoms with Gasteiger partial charge in [0, 0.05) is 34.8 Å². The van der Waals surface area contributed by atoms with Gasteiger partial charge in [-0.1, -0.05) is 0 Å². The highest BCUT2D eigenvalue weighted by atomic mass is 19.4. The molecule has 146 valence electrons. The third-order valence-electron chi connectivity index (χ3n) is 4.91. The molecule has 2 aromatic heterocycles. The largest absolute Gasteiger partial charge is 0.507 e. The molecule has 0 unspecified atom stereocenters. The SMILES string of the molecule is Oc1cc(C(F)(F)F)ccc1-c1nnc(N[C@@H]2CC[C@@H](O)C2)c2cnccc12. The van der Waals surface area contributed by atoms with E-state index in [-0.39, 0.29) is 23.4 Å². The van der Waals surface area contributed by atoms with Crippen molar-refractivity contribution >= 4 is 16.6 Å². The lowest BCUT2D eigenvalue weighted by atomic mass is 10.0. The fourth-order valence-corrected chi connectivity index (χ4v) is 3.49. The molecule has 1 saturated carbocycles. The summed E-state index contributed by atoms with van der Waals surface area (Å²) in [7, 11) is 0. The lowest BCUT2D eigenvalue weighted by Gasteiger charge is -2.16. The fraction of sp³-hybridized carbons (Fsp3) is 0.316.